The molecule has 1 fully saturated rings. The molecule has 1 atom stereocenters. The number of benzene rings is 1. The van der Waals surface area contributed by atoms with E-state index < -0.39 is 11.5 Å². The summed E-state index contributed by atoms with van der Waals surface area (Å²) in [6.07, 6.45) is 3.37. The molecule has 112 valence electrons. The Labute approximate surface area is 123 Å². The molecule has 3 N–H and O–H groups in total. The van der Waals surface area contributed by atoms with Crippen molar-refractivity contribution in [1.29, 1.82) is 0 Å². The lowest BCUT2D eigenvalue weighted by Gasteiger charge is -2.30. The van der Waals surface area contributed by atoms with E-state index in [9.17, 15) is 14.7 Å². The second-order valence-corrected chi connectivity index (χ2v) is 5.99. The molecule has 0 saturated heterocycles. The molecule has 1 aromatic carbocycles. The minimum absolute atomic E-state index is 0.200. The summed E-state index contributed by atoms with van der Waals surface area (Å²) in [6.45, 7) is 0.647. The third-order valence-corrected chi connectivity index (χ3v) is 4.63. The average Bonchev–Trinajstić information content (AvgIpc) is 2.96. The van der Waals surface area contributed by atoms with Crippen molar-refractivity contribution in [2.24, 2.45) is 0 Å². The molecule has 1 heterocycles. The highest BCUT2D eigenvalue weighted by molar-refractivity contribution is 5.90. The highest BCUT2D eigenvalue weighted by Crippen LogP contribution is 2.30. The number of fused-ring (bicyclic) bond motifs is 1. The number of carboxylic acid groups (broad SMARTS) is 1. The largest absolute Gasteiger partial charge is 0.480 e. The van der Waals surface area contributed by atoms with Gasteiger partial charge >= 0.3 is 5.97 Å². The summed E-state index contributed by atoms with van der Waals surface area (Å²) in [7, 11) is 0. The summed E-state index contributed by atoms with van der Waals surface area (Å²) in [4.78, 5) is 23.9. The topological polar surface area (TPSA) is 78.4 Å². The predicted octanol–water partition coefficient (Wildman–Crippen LogP) is 1.21. The first-order chi connectivity index (χ1) is 10.1. The molecule has 0 spiro atoms. The second kappa shape index (κ2) is 5.48. The van der Waals surface area contributed by atoms with Crippen molar-refractivity contribution in [3.05, 3.63) is 35.4 Å². The quantitative estimate of drug-likeness (QED) is 0.781. The lowest BCUT2D eigenvalue weighted by atomic mass is 9.93. The van der Waals surface area contributed by atoms with Crippen molar-refractivity contribution < 1.29 is 14.7 Å². The van der Waals surface area contributed by atoms with Crippen LogP contribution in [0.25, 0.3) is 0 Å². The van der Waals surface area contributed by atoms with E-state index in [2.05, 4.69) is 10.6 Å². The maximum absolute atomic E-state index is 12.4. The Balaban J connectivity index is 1.71. The molecule has 1 aromatic rings. The van der Waals surface area contributed by atoms with E-state index in [4.69, 9.17) is 0 Å². The summed E-state index contributed by atoms with van der Waals surface area (Å²) in [5.41, 5.74) is 1.30. The number of carbonyl (C=O) groups is 2. The van der Waals surface area contributed by atoms with Crippen LogP contribution in [0.4, 0.5) is 0 Å². The van der Waals surface area contributed by atoms with Crippen LogP contribution in [0, 0.1) is 0 Å². The Morgan fingerprint density at radius 2 is 1.86 bits per heavy atom. The molecule has 1 amide bonds. The van der Waals surface area contributed by atoms with Gasteiger partial charge in [-0.2, -0.15) is 0 Å². The van der Waals surface area contributed by atoms with Crippen LogP contribution in [0.1, 0.15) is 36.8 Å². The molecule has 1 aliphatic carbocycles. The molecule has 5 nitrogen and oxygen atoms in total. The average molecular weight is 288 g/mol. The van der Waals surface area contributed by atoms with Gasteiger partial charge in [-0.05, 0) is 30.4 Å². The molecular formula is C16H20N2O3. The normalized spacial score (nSPS) is 23.3. The molecule has 0 bridgehead atoms. The Morgan fingerprint density at radius 1 is 1.19 bits per heavy atom. The highest BCUT2D eigenvalue weighted by Gasteiger charge is 2.43. The van der Waals surface area contributed by atoms with Gasteiger partial charge in [-0.25, -0.2) is 4.79 Å². The zero-order chi connectivity index (χ0) is 14.9. The van der Waals surface area contributed by atoms with Gasteiger partial charge < -0.3 is 15.7 Å². The third kappa shape index (κ3) is 2.65. The highest BCUT2D eigenvalue weighted by atomic mass is 16.4. The Morgan fingerprint density at radius 3 is 2.52 bits per heavy atom. The van der Waals surface area contributed by atoms with Crippen LogP contribution in [0.3, 0.4) is 0 Å². The third-order valence-electron chi connectivity index (χ3n) is 4.63. The molecule has 1 aliphatic heterocycles. The van der Waals surface area contributed by atoms with Crippen LogP contribution in [0.15, 0.2) is 24.3 Å². The van der Waals surface area contributed by atoms with Gasteiger partial charge in [0.1, 0.15) is 5.54 Å². The standard InChI is InChI=1S/C16H20N2O3/c19-14(18-16(15(20)21)7-3-4-8-16)13-9-11-5-1-2-6-12(11)10-17-13/h1-2,5-6,13,17H,3-4,7-10H2,(H,18,19)(H,20,21)/t13-/m1/s1. The SMILES string of the molecule is O=C(NC1(C(=O)O)CCCC1)[C@H]1Cc2ccccc2CN1. The van der Waals surface area contributed by atoms with Crippen LogP contribution < -0.4 is 10.6 Å². The van der Waals surface area contributed by atoms with Crippen LogP contribution in [-0.4, -0.2) is 28.6 Å². The molecule has 0 radical (unpaired) electrons. The smallest absolute Gasteiger partial charge is 0.329 e. The van der Waals surface area contributed by atoms with Crippen LogP contribution in [0.2, 0.25) is 0 Å². The number of hydrogen-bond donors (Lipinski definition) is 3. The van der Waals surface area contributed by atoms with Crippen LogP contribution in [-0.2, 0) is 22.6 Å². The lowest BCUT2D eigenvalue weighted by molar-refractivity contribution is -0.147. The van der Waals surface area contributed by atoms with Gasteiger partial charge in [0.15, 0.2) is 0 Å². The van der Waals surface area contributed by atoms with Crippen molar-refractivity contribution in [3.8, 4) is 0 Å². The molecule has 0 aromatic heterocycles. The number of hydrogen-bond acceptors (Lipinski definition) is 3. The van der Waals surface area contributed by atoms with Gasteiger partial charge in [-0.3, -0.25) is 4.79 Å². The van der Waals surface area contributed by atoms with Crippen molar-refractivity contribution in [1.82, 2.24) is 10.6 Å². The maximum atomic E-state index is 12.4. The number of nitrogens with one attached hydrogen (secondary N) is 2. The van der Waals surface area contributed by atoms with Gasteiger partial charge in [0, 0.05) is 6.54 Å². The zero-order valence-electron chi connectivity index (χ0n) is 11.9. The van der Waals surface area contributed by atoms with E-state index in [-0.39, 0.29) is 11.9 Å². The number of carboxylic acids is 1. The fourth-order valence-corrected chi connectivity index (χ4v) is 3.33. The Kier molecular flexibility index (Phi) is 3.68. The first kappa shape index (κ1) is 14.1. The number of amides is 1. The summed E-state index contributed by atoms with van der Waals surface area (Å²) >= 11 is 0. The maximum Gasteiger partial charge on any atom is 0.329 e. The molecule has 0 unspecified atom stereocenters. The zero-order valence-corrected chi connectivity index (χ0v) is 11.9. The van der Waals surface area contributed by atoms with E-state index in [0.29, 0.717) is 25.8 Å². The van der Waals surface area contributed by atoms with Gasteiger partial charge in [0.2, 0.25) is 5.91 Å². The molecule has 3 rings (SSSR count). The first-order valence-corrected chi connectivity index (χ1v) is 7.46. The van der Waals surface area contributed by atoms with E-state index in [1.54, 1.807) is 0 Å². The summed E-state index contributed by atoms with van der Waals surface area (Å²) in [6, 6.07) is 7.68. The van der Waals surface area contributed by atoms with Gasteiger partial charge in [-0.15, -0.1) is 0 Å². The second-order valence-electron chi connectivity index (χ2n) is 5.99. The van der Waals surface area contributed by atoms with E-state index in [0.717, 1.165) is 18.4 Å². The number of carbonyl (C=O) groups excluding carboxylic acids is 1. The van der Waals surface area contributed by atoms with Crippen molar-refractivity contribution in [2.75, 3.05) is 0 Å². The summed E-state index contributed by atoms with van der Waals surface area (Å²) < 4.78 is 0. The number of aliphatic carboxylic acids is 1. The minimum Gasteiger partial charge on any atom is -0.480 e. The van der Waals surface area contributed by atoms with E-state index in [1.807, 2.05) is 24.3 Å². The molecule has 21 heavy (non-hydrogen) atoms. The Bertz CT molecular complexity index is 564. The van der Waals surface area contributed by atoms with Crippen molar-refractivity contribution >= 4 is 11.9 Å². The molecule has 1 saturated carbocycles. The van der Waals surface area contributed by atoms with Crippen molar-refractivity contribution in [3.63, 3.8) is 0 Å². The predicted molar refractivity (Wildman–Crippen MR) is 77.8 cm³/mol. The lowest BCUT2D eigenvalue weighted by Crippen LogP contribution is -2.58. The summed E-state index contributed by atoms with van der Waals surface area (Å²) in [5, 5.41) is 15.4. The van der Waals surface area contributed by atoms with E-state index in [1.165, 1.54) is 5.56 Å². The van der Waals surface area contributed by atoms with Gasteiger partial charge in [0.05, 0.1) is 6.04 Å². The van der Waals surface area contributed by atoms with Gasteiger partial charge in [0.25, 0.3) is 0 Å². The Hall–Kier alpha value is -1.88. The van der Waals surface area contributed by atoms with Crippen LogP contribution in [0.5, 0.6) is 0 Å². The van der Waals surface area contributed by atoms with E-state index >= 15 is 0 Å². The summed E-state index contributed by atoms with van der Waals surface area (Å²) in [5.74, 6) is -1.11. The minimum atomic E-state index is -1.06. The fourth-order valence-electron chi connectivity index (χ4n) is 3.33. The van der Waals surface area contributed by atoms with Crippen molar-refractivity contribution in [2.45, 2.75) is 50.2 Å². The van der Waals surface area contributed by atoms with Gasteiger partial charge in [-0.1, -0.05) is 37.1 Å². The van der Waals surface area contributed by atoms with Crippen LogP contribution >= 0.6 is 0 Å². The fraction of sp³-hybridized carbons (Fsp3) is 0.500. The molecular weight excluding hydrogens is 268 g/mol. The first-order valence-electron chi connectivity index (χ1n) is 7.46. The monoisotopic (exact) mass is 288 g/mol. The number of rotatable bonds is 3. The molecule has 5 heteroatoms. The molecule has 2 aliphatic rings.